The van der Waals surface area contributed by atoms with Crippen molar-refractivity contribution in [2.24, 2.45) is 7.05 Å². The Morgan fingerprint density at radius 1 is 1.12 bits per heavy atom. The van der Waals surface area contributed by atoms with Gasteiger partial charge in [0.2, 0.25) is 0 Å². The van der Waals surface area contributed by atoms with E-state index in [9.17, 15) is 22.8 Å². The molecular formula is C22H19ClF3N5O3. The molecule has 4 aromatic rings. The molecular weight excluding hydrogens is 475 g/mol. The third kappa shape index (κ3) is 4.36. The highest BCUT2D eigenvalue weighted by atomic mass is 35.5. The summed E-state index contributed by atoms with van der Waals surface area (Å²) in [6, 6.07) is 7.80. The lowest BCUT2D eigenvalue weighted by Crippen LogP contribution is -2.40. The molecule has 0 aliphatic rings. The van der Waals surface area contributed by atoms with Crippen LogP contribution in [0.15, 0.2) is 52.2 Å². The molecule has 0 unspecified atom stereocenters. The lowest BCUT2D eigenvalue weighted by Gasteiger charge is -2.12. The van der Waals surface area contributed by atoms with E-state index >= 15 is 0 Å². The quantitative estimate of drug-likeness (QED) is 0.445. The molecule has 4 rings (SSSR count). The average Bonchev–Trinajstić information content (AvgIpc) is 3.18. The van der Waals surface area contributed by atoms with Gasteiger partial charge in [0, 0.05) is 32.0 Å². The first kappa shape index (κ1) is 23.7. The van der Waals surface area contributed by atoms with E-state index < -0.39 is 23.0 Å². The van der Waals surface area contributed by atoms with Crippen LogP contribution in [-0.4, -0.2) is 35.4 Å². The molecule has 0 aliphatic heterocycles. The number of aryl methyl sites for hydroxylation is 1. The summed E-state index contributed by atoms with van der Waals surface area (Å²) >= 11 is 5.91. The zero-order valence-electron chi connectivity index (χ0n) is 17.9. The topological polar surface area (TPSA) is 94.9 Å². The Morgan fingerprint density at radius 3 is 2.53 bits per heavy atom. The summed E-state index contributed by atoms with van der Waals surface area (Å²) in [5.41, 5.74) is -1.52. The third-order valence-electron chi connectivity index (χ3n) is 5.33. The van der Waals surface area contributed by atoms with E-state index in [4.69, 9.17) is 16.7 Å². The van der Waals surface area contributed by atoms with Gasteiger partial charge in [0.05, 0.1) is 22.8 Å². The summed E-state index contributed by atoms with van der Waals surface area (Å²) in [6.07, 6.45) is -2.99. The number of nitrogens with zero attached hydrogens (tertiary/aromatic N) is 5. The SMILES string of the molecule is Cn1c(=O)n(CCCO)c(=O)c2c1nc(-c1cccc(C(F)(F)F)c1)n2Cc1ccc(Cl)cn1. The van der Waals surface area contributed by atoms with Gasteiger partial charge < -0.3 is 9.67 Å². The van der Waals surface area contributed by atoms with Crippen LogP contribution in [0.2, 0.25) is 5.02 Å². The highest BCUT2D eigenvalue weighted by Gasteiger charge is 2.31. The number of rotatable bonds is 6. The summed E-state index contributed by atoms with van der Waals surface area (Å²) in [5.74, 6) is 0.0739. The number of benzene rings is 1. The van der Waals surface area contributed by atoms with Gasteiger partial charge >= 0.3 is 11.9 Å². The predicted molar refractivity (Wildman–Crippen MR) is 120 cm³/mol. The van der Waals surface area contributed by atoms with Gasteiger partial charge in [0.15, 0.2) is 11.2 Å². The molecule has 0 aliphatic carbocycles. The fourth-order valence-corrected chi connectivity index (χ4v) is 3.78. The second-order valence-electron chi connectivity index (χ2n) is 7.62. The third-order valence-corrected chi connectivity index (χ3v) is 5.55. The van der Waals surface area contributed by atoms with Crippen molar-refractivity contribution in [3.63, 3.8) is 0 Å². The molecule has 1 N–H and O–H groups in total. The molecule has 0 saturated carbocycles. The van der Waals surface area contributed by atoms with Crippen LogP contribution in [0.25, 0.3) is 22.6 Å². The number of alkyl halides is 3. The first-order valence-corrected chi connectivity index (χ1v) is 10.6. The van der Waals surface area contributed by atoms with Gasteiger partial charge in [-0.2, -0.15) is 13.2 Å². The van der Waals surface area contributed by atoms with Crippen LogP contribution in [0, 0.1) is 0 Å². The van der Waals surface area contributed by atoms with Crippen molar-refractivity contribution in [2.45, 2.75) is 25.7 Å². The molecule has 0 saturated heterocycles. The first-order valence-electron chi connectivity index (χ1n) is 10.2. The number of pyridine rings is 1. The highest BCUT2D eigenvalue weighted by molar-refractivity contribution is 6.30. The van der Waals surface area contributed by atoms with Crippen LogP contribution >= 0.6 is 11.6 Å². The van der Waals surface area contributed by atoms with Crippen molar-refractivity contribution in [3.8, 4) is 11.4 Å². The molecule has 34 heavy (non-hydrogen) atoms. The number of fused-ring (bicyclic) bond motifs is 1. The molecule has 0 radical (unpaired) electrons. The number of hydrogen-bond donors (Lipinski definition) is 1. The number of imidazole rings is 1. The number of halogens is 4. The van der Waals surface area contributed by atoms with Crippen molar-refractivity contribution < 1.29 is 18.3 Å². The normalized spacial score (nSPS) is 11.9. The Labute approximate surface area is 195 Å². The minimum Gasteiger partial charge on any atom is -0.396 e. The maximum atomic E-state index is 13.4. The Morgan fingerprint density at radius 2 is 1.88 bits per heavy atom. The van der Waals surface area contributed by atoms with E-state index in [0.29, 0.717) is 10.7 Å². The van der Waals surface area contributed by atoms with Crippen molar-refractivity contribution in [2.75, 3.05) is 6.61 Å². The number of aliphatic hydroxyl groups excluding tert-OH is 1. The molecule has 12 heteroatoms. The Balaban J connectivity index is 2.03. The van der Waals surface area contributed by atoms with Gasteiger partial charge in [-0.15, -0.1) is 0 Å². The molecule has 0 atom stereocenters. The van der Waals surface area contributed by atoms with Gasteiger partial charge in [-0.05, 0) is 30.7 Å². The molecule has 8 nitrogen and oxygen atoms in total. The largest absolute Gasteiger partial charge is 0.416 e. The van der Waals surface area contributed by atoms with Crippen LogP contribution in [0.4, 0.5) is 13.2 Å². The van der Waals surface area contributed by atoms with Gasteiger partial charge in [0.1, 0.15) is 5.82 Å². The fourth-order valence-electron chi connectivity index (χ4n) is 3.67. The monoisotopic (exact) mass is 493 g/mol. The van der Waals surface area contributed by atoms with Gasteiger partial charge in [-0.1, -0.05) is 23.7 Å². The summed E-state index contributed by atoms with van der Waals surface area (Å²) in [4.78, 5) is 34.7. The van der Waals surface area contributed by atoms with Crippen LogP contribution in [0.5, 0.6) is 0 Å². The van der Waals surface area contributed by atoms with Crippen molar-refractivity contribution in [3.05, 3.63) is 79.7 Å². The lowest BCUT2D eigenvalue weighted by molar-refractivity contribution is -0.137. The standard InChI is InChI=1S/C22H19ClF3N5O3/c1-29-19-17(20(33)30(21(29)34)8-3-9-32)31(12-16-7-6-15(23)11-27-16)18(28-19)13-4-2-5-14(10-13)22(24,25)26/h2,4-7,10-11,32H,3,8-9,12H2,1H3. The zero-order valence-corrected chi connectivity index (χ0v) is 18.6. The van der Waals surface area contributed by atoms with Crippen LogP contribution < -0.4 is 11.2 Å². The summed E-state index contributed by atoms with van der Waals surface area (Å²) in [7, 11) is 1.42. The number of aromatic nitrogens is 5. The van der Waals surface area contributed by atoms with Crippen molar-refractivity contribution >= 4 is 22.8 Å². The maximum Gasteiger partial charge on any atom is 0.416 e. The summed E-state index contributed by atoms with van der Waals surface area (Å²) in [6.45, 7) is -0.259. The van der Waals surface area contributed by atoms with E-state index in [-0.39, 0.29) is 48.7 Å². The molecule has 0 amide bonds. The van der Waals surface area contributed by atoms with Gasteiger partial charge in [-0.25, -0.2) is 9.78 Å². The van der Waals surface area contributed by atoms with Crippen LogP contribution in [0.1, 0.15) is 17.7 Å². The van der Waals surface area contributed by atoms with Gasteiger partial charge in [-0.3, -0.25) is 18.9 Å². The molecule has 0 fully saturated rings. The maximum absolute atomic E-state index is 13.4. The van der Waals surface area contributed by atoms with Crippen LogP contribution in [-0.2, 0) is 26.3 Å². The fraction of sp³-hybridized carbons (Fsp3) is 0.273. The molecule has 0 spiro atoms. The predicted octanol–water partition coefficient (Wildman–Crippen LogP) is 3.06. The Hall–Kier alpha value is -3.44. The first-order chi connectivity index (χ1) is 16.1. The molecule has 3 aromatic heterocycles. The number of hydrogen-bond acceptors (Lipinski definition) is 5. The molecule has 0 bridgehead atoms. The number of aliphatic hydroxyl groups is 1. The van der Waals surface area contributed by atoms with Crippen molar-refractivity contribution in [1.82, 2.24) is 23.7 Å². The average molecular weight is 494 g/mol. The second kappa shape index (κ2) is 9.07. The molecule has 178 valence electrons. The lowest BCUT2D eigenvalue weighted by atomic mass is 10.1. The second-order valence-corrected chi connectivity index (χ2v) is 8.05. The van der Waals surface area contributed by atoms with Gasteiger partial charge in [0.25, 0.3) is 5.56 Å². The molecule has 1 aromatic carbocycles. The highest BCUT2D eigenvalue weighted by Crippen LogP contribution is 2.32. The smallest absolute Gasteiger partial charge is 0.396 e. The minimum absolute atomic E-state index is 0.00725. The molecule has 3 heterocycles. The summed E-state index contributed by atoms with van der Waals surface area (Å²) < 4.78 is 43.7. The van der Waals surface area contributed by atoms with Crippen LogP contribution in [0.3, 0.4) is 0 Å². The van der Waals surface area contributed by atoms with E-state index in [0.717, 1.165) is 21.3 Å². The summed E-state index contributed by atoms with van der Waals surface area (Å²) in [5, 5.41) is 9.55. The van der Waals surface area contributed by atoms with E-state index in [2.05, 4.69) is 9.97 Å². The van der Waals surface area contributed by atoms with Crippen molar-refractivity contribution in [1.29, 1.82) is 0 Å². The van der Waals surface area contributed by atoms with E-state index in [1.54, 1.807) is 12.1 Å². The minimum atomic E-state index is -4.57. The van der Waals surface area contributed by atoms with E-state index in [1.165, 1.54) is 29.9 Å². The Bertz CT molecular complexity index is 1470. The van der Waals surface area contributed by atoms with E-state index in [1.807, 2.05) is 0 Å². The zero-order chi connectivity index (χ0) is 24.6. The Kier molecular flexibility index (Phi) is 6.32.